The van der Waals surface area contributed by atoms with Gasteiger partial charge < -0.3 is 10.2 Å². The molecule has 0 amide bonds. The Morgan fingerprint density at radius 1 is 1.35 bits per heavy atom. The second-order valence-corrected chi connectivity index (χ2v) is 6.54. The number of carbonyl (C=O) groups is 1. The highest BCUT2D eigenvalue weighted by Gasteiger charge is 2.44. The van der Waals surface area contributed by atoms with Crippen LogP contribution in [-0.4, -0.2) is 21.8 Å². The van der Waals surface area contributed by atoms with E-state index in [4.69, 9.17) is 5.11 Å². The molecule has 0 aromatic heterocycles. The molecule has 1 atom stereocenters. The van der Waals surface area contributed by atoms with Gasteiger partial charge in [0.15, 0.2) is 0 Å². The molecule has 0 aliphatic heterocycles. The van der Waals surface area contributed by atoms with Crippen LogP contribution in [0.2, 0.25) is 0 Å². The first-order chi connectivity index (χ1) is 7.70. The summed E-state index contributed by atoms with van der Waals surface area (Å²) in [5.74, 6) is -0.873. The summed E-state index contributed by atoms with van der Waals surface area (Å²) >= 11 is 0. The van der Waals surface area contributed by atoms with Gasteiger partial charge in [-0.1, -0.05) is 27.7 Å². The van der Waals surface area contributed by atoms with Gasteiger partial charge in [-0.2, -0.15) is 0 Å². The lowest BCUT2D eigenvalue weighted by atomic mass is 9.65. The van der Waals surface area contributed by atoms with E-state index in [9.17, 15) is 9.90 Å². The molecule has 2 N–H and O–H groups in total. The van der Waals surface area contributed by atoms with E-state index in [1.807, 2.05) is 6.92 Å². The van der Waals surface area contributed by atoms with Crippen LogP contribution in [0.3, 0.4) is 0 Å². The van der Waals surface area contributed by atoms with Gasteiger partial charge in [0.1, 0.15) is 0 Å². The Balaban J connectivity index is 2.69. The van der Waals surface area contributed by atoms with Gasteiger partial charge >= 0.3 is 5.97 Å². The van der Waals surface area contributed by atoms with Crippen LogP contribution >= 0.6 is 0 Å². The fourth-order valence-electron chi connectivity index (χ4n) is 3.12. The summed E-state index contributed by atoms with van der Waals surface area (Å²) in [5, 5.41) is 19.7. The van der Waals surface area contributed by atoms with E-state index >= 15 is 0 Å². The van der Waals surface area contributed by atoms with Crippen LogP contribution in [-0.2, 0) is 4.79 Å². The highest BCUT2D eigenvalue weighted by atomic mass is 16.4. The zero-order chi connectivity index (χ0) is 13.3. The Hall–Kier alpha value is -0.570. The van der Waals surface area contributed by atoms with Crippen molar-refractivity contribution in [3.8, 4) is 0 Å². The molecule has 0 bridgehead atoms. The second kappa shape index (κ2) is 4.97. The van der Waals surface area contributed by atoms with Crippen molar-refractivity contribution < 1.29 is 15.0 Å². The smallest absolute Gasteiger partial charge is 0.309 e. The second-order valence-electron chi connectivity index (χ2n) is 6.54. The minimum atomic E-state index is -0.984. The monoisotopic (exact) mass is 242 g/mol. The lowest BCUT2D eigenvalue weighted by Crippen LogP contribution is -2.46. The zero-order valence-corrected chi connectivity index (χ0v) is 11.5. The Labute approximate surface area is 104 Å². The van der Waals surface area contributed by atoms with Crippen LogP contribution in [0.25, 0.3) is 0 Å². The number of hydrogen-bond donors (Lipinski definition) is 2. The maximum atomic E-state index is 11.2. The van der Waals surface area contributed by atoms with Crippen molar-refractivity contribution in [3.63, 3.8) is 0 Å². The molecule has 0 spiro atoms. The molecule has 0 radical (unpaired) electrons. The van der Waals surface area contributed by atoms with Crippen LogP contribution in [0.5, 0.6) is 0 Å². The van der Waals surface area contributed by atoms with Crippen molar-refractivity contribution in [2.45, 2.75) is 65.4 Å². The molecule has 1 saturated carbocycles. The van der Waals surface area contributed by atoms with E-state index in [1.54, 1.807) is 0 Å². The van der Waals surface area contributed by atoms with Crippen LogP contribution in [0.4, 0.5) is 0 Å². The molecule has 100 valence electrons. The number of carboxylic acids is 1. The summed E-state index contributed by atoms with van der Waals surface area (Å²) in [7, 11) is 0. The number of carboxylic acid groups (broad SMARTS) is 1. The summed E-state index contributed by atoms with van der Waals surface area (Å²) in [6, 6.07) is 0. The molecule has 0 heterocycles. The Bertz CT molecular complexity index is 270. The first-order valence-corrected chi connectivity index (χ1v) is 6.66. The highest BCUT2D eigenvalue weighted by molar-refractivity contribution is 5.71. The zero-order valence-electron chi connectivity index (χ0n) is 11.5. The fourth-order valence-corrected chi connectivity index (χ4v) is 3.12. The molecule has 1 fully saturated rings. The first-order valence-electron chi connectivity index (χ1n) is 6.66. The number of aliphatic hydroxyl groups is 1. The lowest BCUT2D eigenvalue weighted by Gasteiger charge is -2.43. The molecule has 0 aromatic carbocycles. The Morgan fingerprint density at radius 3 is 2.12 bits per heavy atom. The van der Waals surface area contributed by atoms with E-state index in [2.05, 4.69) is 20.8 Å². The third-order valence-electron chi connectivity index (χ3n) is 4.43. The summed E-state index contributed by atoms with van der Waals surface area (Å²) in [6.07, 6.45) is 3.62. The van der Waals surface area contributed by atoms with Crippen molar-refractivity contribution in [3.05, 3.63) is 0 Å². The summed E-state index contributed by atoms with van der Waals surface area (Å²) in [6.45, 7) is 8.50. The molecule has 1 aliphatic rings. The van der Waals surface area contributed by atoms with E-state index < -0.39 is 17.5 Å². The third kappa shape index (κ3) is 3.21. The largest absolute Gasteiger partial charge is 0.481 e. The molecular formula is C14H26O3. The standard InChI is InChI=1S/C14H26O3/c1-5-11(12(15)16)14(17)8-6-10(7-9-14)13(2,3)4/h10-11,17H,5-9H2,1-4H3,(H,15,16). The number of aliphatic carboxylic acids is 1. The Morgan fingerprint density at radius 2 is 1.82 bits per heavy atom. The quantitative estimate of drug-likeness (QED) is 0.799. The average molecular weight is 242 g/mol. The fraction of sp³-hybridized carbons (Fsp3) is 0.929. The van der Waals surface area contributed by atoms with E-state index in [0.717, 1.165) is 12.8 Å². The van der Waals surface area contributed by atoms with E-state index in [1.165, 1.54) is 0 Å². The predicted octanol–water partition coefficient (Wildman–Crippen LogP) is 3.06. The number of hydrogen-bond acceptors (Lipinski definition) is 2. The Kier molecular flexibility index (Phi) is 4.23. The van der Waals surface area contributed by atoms with Crippen LogP contribution in [0.15, 0.2) is 0 Å². The molecule has 0 saturated heterocycles. The number of rotatable bonds is 3. The molecular weight excluding hydrogens is 216 g/mol. The maximum absolute atomic E-state index is 11.2. The molecule has 0 aromatic rings. The summed E-state index contributed by atoms with van der Waals surface area (Å²) in [4.78, 5) is 11.2. The first kappa shape index (κ1) is 14.5. The summed E-state index contributed by atoms with van der Waals surface area (Å²) in [5.41, 5.74) is -0.728. The highest BCUT2D eigenvalue weighted by Crippen LogP contribution is 2.44. The van der Waals surface area contributed by atoms with Gasteiger partial charge in [0.05, 0.1) is 11.5 Å². The van der Waals surface area contributed by atoms with Crippen LogP contribution in [0.1, 0.15) is 59.8 Å². The summed E-state index contributed by atoms with van der Waals surface area (Å²) < 4.78 is 0. The third-order valence-corrected chi connectivity index (χ3v) is 4.43. The van der Waals surface area contributed by atoms with Gasteiger partial charge in [0.25, 0.3) is 0 Å². The van der Waals surface area contributed by atoms with Crippen molar-refractivity contribution in [1.29, 1.82) is 0 Å². The van der Waals surface area contributed by atoms with Crippen molar-refractivity contribution >= 4 is 5.97 Å². The van der Waals surface area contributed by atoms with Gasteiger partial charge in [0.2, 0.25) is 0 Å². The maximum Gasteiger partial charge on any atom is 0.309 e. The van der Waals surface area contributed by atoms with Gasteiger partial charge in [-0.15, -0.1) is 0 Å². The van der Waals surface area contributed by atoms with Crippen molar-refractivity contribution in [2.75, 3.05) is 0 Å². The molecule has 1 rings (SSSR count). The van der Waals surface area contributed by atoms with Crippen LogP contribution in [0, 0.1) is 17.3 Å². The van der Waals surface area contributed by atoms with Gasteiger partial charge in [0, 0.05) is 0 Å². The van der Waals surface area contributed by atoms with E-state index in [-0.39, 0.29) is 5.41 Å². The molecule has 3 nitrogen and oxygen atoms in total. The van der Waals surface area contributed by atoms with Gasteiger partial charge in [-0.05, 0) is 43.4 Å². The minimum Gasteiger partial charge on any atom is -0.481 e. The van der Waals surface area contributed by atoms with Crippen molar-refractivity contribution in [1.82, 2.24) is 0 Å². The van der Waals surface area contributed by atoms with Gasteiger partial charge in [-0.25, -0.2) is 0 Å². The van der Waals surface area contributed by atoms with Crippen molar-refractivity contribution in [2.24, 2.45) is 17.3 Å². The predicted molar refractivity (Wildman–Crippen MR) is 67.8 cm³/mol. The van der Waals surface area contributed by atoms with E-state index in [0.29, 0.717) is 25.2 Å². The normalized spacial score (nSPS) is 32.2. The SMILES string of the molecule is CCC(C(=O)O)C1(O)CCC(C(C)(C)C)CC1. The topological polar surface area (TPSA) is 57.5 Å². The van der Waals surface area contributed by atoms with Gasteiger partial charge in [-0.3, -0.25) is 4.79 Å². The average Bonchev–Trinajstić information content (AvgIpc) is 2.16. The molecule has 1 aliphatic carbocycles. The van der Waals surface area contributed by atoms with Crippen LogP contribution < -0.4 is 0 Å². The molecule has 3 heteroatoms. The molecule has 1 unspecified atom stereocenters. The molecule has 17 heavy (non-hydrogen) atoms. The lowest BCUT2D eigenvalue weighted by molar-refractivity contribution is -0.156. The minimum absolute atomic E-state index is 0.256.